The van der Waals surface area contributed by atoms with Gasteiger partial charge in [0.2, 0.25) is 0 Å². The third-order valence-electron chi connectivity index (χ3n) is 5.28. The highest BCUT2D eigenvalue weighted by Crippen LogP contribution is 2.45. The zero-order chi connectivity index (χ0) is 21.3. The van der Waals surface area contributed by atoms with Gasteiger partial charge in [-0.15, -0.1) is 0 Å². The van der Waals surface area contributed by atoms with Gasteiger partial charge in [0.1, 0.15) is 19.3 Å². The Morgan fingerprint density at radius 3 is 2.04 bits per heavy atom. The van der Waals surface area contributed by atoms with E-state index in [9.17, 15) is 14.7 Å². The van der Waals surface area contributed by atoms with Crippen molar-refractivity contribution in [1.29, 1.82) is 0 Å². The van der Waals surface area contributed by atoms with Crippen LogP contribution in [0.2, 0.25) is 0 Å². The molecule has 0 aliphatic rings. The molecule has 2 N–H and O–H groups in total. The Labute approximate surface area is 164 Å². The predicted molar refractivity (Wildman–Crippen MR) is 107 cm³/mol. The van der Waals surface area contributed by atoms with Gasteiger partial charge in [0.25, 0.3) is 0 Å². The van der Waals surface area contributed by atoms with Crippen molar-refractivity contribution in [2.75, 3.05) is 26.3 Å². The van der Waals surface area contributed by atoms with E-state index in [2.05, 4.69) is 53.4 Å². The van der Waals surface area contributed by atoms with Crippen LogP contribution in [0.15, 0.2) is 12.2 Å². The number of aliphatic hydroxyl groups excluding tert-OH is 1. The molecular formula is C21H39NO5. The van der Waals surface area contributed by atoms with Crippen LogP contribution in [0.5, 0.6) is 0 Å². The Balaban J connectivity index is 4.37. The highest BCUT2D eigenvalue weighted by atomic mass is 16.5. The van der Waals surface area contributed by atoms with E-state index >= 15 is 0 Å². The number of carbonyl (C=O) groups is 2. The van der Waals surface area contributed by atoms with E-state index < -0.39 is 12.1 Å². The first-order chi connectivity index (χ1) is 12.4. The molecule has 6 nitrogen and oxygen atoms in total. The van der Waals surface area contributed by atoms with Crippen molar-refractivity contribution >= 4 is 11.9 Å². The first-order valence-corrected chi connectivity index (χ1v) is 9.77. The fourth-order valence-electron chi connectivity index (χ4n) is 3.03. The quantitative estimate of drug-likeness (QED) is 0.288. The molecule has 6 heteroatoms. The number of ether oxygens (including phenoxy) is 2. The summed E-state index contributed by atoms with van der Waals surface area (Å²) < 4.78 is 10.4. The van der Waals surface area contributed by atoms with Gasteiger partial charge >= 0.3 is 11.9 Å². The minimum Gasteiger partial charge on any atom is -0.464 e. The zero-order valence-electron chi connectivity index (χ0n) is 18.2. The van der Waals surface area contributed by atoms with Gasteiger partial charge in [-0.05, 0) is 17.8 Å². The molecule has 0 aliphatic heterocycles. The van der Waals surface area contributed by atoms with Crippen LogP contribution < -0.4 is 5.32 Å². The highest BCUT2D eigenvalue weighted by molar-refractivity contribution is 5.86. The Kier molecular flexibility index (Phi) is 10.9. The second-order valence-electron chi connectivity index (χ2n) is 8.52. The van der Waals surface area contributed by atoms with Gasteiger partial charge in [-0.25, -0.2) is 4.79 Å². The Morgan fingerprint density at radius 1 is 1.07 bits per heavy atom. The van der Waals surface area contributed by atoms with Crippen LogP contribution in [-0.4, -0.2) is 49.5 Å². The molecule has 1 unspecified atom stereocenters. The fourth-order valence-corrected chi connectivity index (χ4v) is 3.03. The summed E-state index contributed by atoms with van der Waals surface area (Å²) in [6.45, 7) is 18.4. The molecule has 0 aromatic carbocycles. The van der Waals surface area contributed by atoms with Crippen LogP contribution in [0.1, 0.15) is 61.3 Å². The van der Waals surface area contributed by atoms with Crippen molar-refractivity contribution in [3.05, 3.63) is 12.2 Å². The molecule has 0 aromatic heterocycles. The largest absolute Gasteiger partial charge is 0.464 e. The van der Waals surface area contributed by atoms with E-state index in [1.54, 1.807) is 6.92 Å². The van der Waals surface area contributed by atoms with Gasteiger partial charge in [0.15, 0.2) is 0 Å². The third kappa shape index (κ3) is 8.89. The lowest BCUT2D eigenvalue weighted by Gasteiger charge is -2.42. The fraction of sp³-hybridized carbons (Fsp3) is 0.810. The summed E-state index contributed by atoms with van der Waals surface area (Å²) in [7, 11) is 0. The van der Waals surface area contributed by atoms with Crippen LogP contribution >= 0.6 is 0 Å². The lowest BCUT2D eigenvalue weighted by molar-refractivity contribution is -0.159. The molecule has 0 radical (unpaired) electrons. The summed E-state index contributed by atoms with van der Waals surface area (Å²) in [5.74, 6) is -0.885. The molecule has 0 spiro atoms. The molecule has 0 heterocycles. The van der Waals surface area contributed by atoms with Crippen molar-refractivity contribution in [1.82, 2.24) is 5.32 Å². The van der Waals surface area contributed by atoms with Gasteiger partial charge < -0.3 is 19.9 Å². The number of esters is 2. The number of carbonyl (C=O) groups excluding carboxylic acids is 2. The van der Waals surface area contributed by atoms with E-state index in [4.69, 9.17) is 9.47 Å². The molecule has 0 fully saturated rings. The normalized spacial score (nSPS) is 13.4. The van der Waals surface area contributed by atoms with Crippen LogP contribution in [0.3, 0.4) is 0 Å². The zero-order valence-corrected chi connectivity index (χ0v) is 18.2. The van der Waals surface area contributed by atoms with Crippen molar-refractivity contribution in [2.24, 2.45) is 16.7 Å². The molecular weight excluding hydrogens is 346 g/mol. The maximum Gasteiger partial charge on any atom is 0.333 e. The number of aliphatic hydroxyl groups is 1. The van der Waals surface area contributed by atoms with E-state index in [1.165, 1.54) is 0 Å². The maximum absolute atomic E-state index is 12.7. The summed E-state index contributed by atoms with van der Waals surface area (Å²) >= 11 is 0. The van der Waals surface area contributed by atoms with Gasteiger partial charge in [-0.2, -0.15) is 0 Å². The highest BCUT2D eigenvalue weighted by Gasteiger charge is 2.44. The molecule has 0 aromatic rings. The summed E-state index contributed by atoms with van der Waals surface area (Å²) in [6.07, 6.45) is 0.961. The summed E-state index contributed by atoms with van der Waals surface area (Å²) in [4.78, 5) is 24.0. The van der Waals surface area contributed by atoms with E-state index in [-0.39, 0.29) is 42.5 Å². The van der Waals surface area contributed by atoms with Gasteiger partial charge in [-0.3, -0.25) is 4.79 Å². The van der Waals surface area contributed by atoms with E-state index in [0.29, 0.717) is 12.1 Å². The summed E-state index contributed by atoms with van der Waals surface area (Å²) in [6, 6.07) is 0. The number of rotatable bonds is 13. The molecule has 0 saturated heterocycles. The predicted octanol–water partition coefficient (Wildman–Crippen LogP) is 3.09. The van der Waals surface area contributed by atoms with E-state index in [0.717, 1.165) is 12.8 Å². The van der Waals surface area contributed by atoms with Crippen molar-refractivity contribution in [2.45, 2.75) is 67.4 Å². The first kappa shape index (κ1) is 25.6. The van der Waals surface area contributed by atoms with Crippen molar-refractivity contribution < 1.29 is 24.2 Å². The topological polar surface area (TPSA) is 84.9 Å². The second kappa shape index (κ2) is 11.4. The molecule has 27 heavy (non-hydrogen) atoms. The van der Waals surface area contributed by atoms with Crippen LogP contribution in [0.4, 0.5) is 0 Å². The monoisotopic (exact) mass is 385 g/mol. The molecule has 0 aliphatic carbocycles. The van der Waals surface area contributed by atoms with Gasteiger partial charge in [0.05, 0.1) is 5.92 Å². The number of hydrogen-bond donors (Lipinski definition) is 2. The molecule has 158 valence electrons. The number of hydrogen-bond acceptors (Lipinski definition) is 6. The minimum atomic E-state index is -0.824. The van der Waals surface area contributed by atoms with Crippen LogP contribution in [-0.2, 0) is 19.1 Å². The molecule has 0 amide bonds. The first-order valence-electron chi connectivity index (χ1n) is 9.77. The number of nitrogens with one attached hydrogen (secondary N) is 1. The van der Waals surface area contributed by atoms with Gasteiger partial charge in [0, 0.05) is 18.7 Å². The lowest BCUT2D eigenvalue weighted by atomic mass is 9.63. The van der Waals surface area contributed by atoms with Crippen molar-refractivity contribution in [3.8, 4) is 0 Å². The summed E-state index contributed by atoms with van der Waals surface area (Å²) in [5.41, 5.74) is 0.00226. The minimum absolute atomic E-state index is 0.101. The average Bonchev–Trinajstić information content (AvgIpc) is 2.58. The third-order valence-corrected chi connectivity index (χ3v) is 5.28. The Hall–Kier alpha value is -1.40. The SMILES string of the molecule is C=C(C)C(=O)OCC(O)CNCCOC(=O)C(C(C)(C)CC)C(C)(C)CC. The standard InChI is InChI=1S/C21H39NO5/c1-9-20(5,6)17(21(7,8)10-2)19(25)26-12-11-22-13-16(23)14-27-18(24)15(3)4/h16-17,22-23H,3,9-14H2,1-2,4-8H3. The Bertz CT molecular complexity index is 483. The Morgan fingerprint density at radius 2 is 1.59 bits per heavy atom. The smallest absolute Gasteiger partial charge is 0.333 e. The van der Waals surface area contributed by atoms with Crippen LogP contribution in [0.25, 0.3) is 0 Å². The lowest BCUT2D eigenvalue weighted by Crippen LogP contribution is -2.43. The van der Waals surface area contributed by atoms with Crippen LogP contribution in [0, 0.1) is 16.7 Å². The molecule has 0 saturated carbocycles. The second-order valence-corrected chi connectivity index (χ2v) is 8.52. The van der Waals surface area contributed by atoms with Gasteiger partial charge in [-0.1, -0.05) is 61.0 Å². The molecule has 0 bridgehead atoms. The average molecular weight is 386 g/mol. The maximum atomic E-state index is 12.7. The molecule has 1 atom stereocenters. The van der Waals surface area contributed by atoms with E-state index in [1.807, 2.05) is 0 Å². The van der Waals surface area contributed by atoms with Crippen molar-refractivity contribution in [3.63, 3.8) is 0 Å². The molecule has 0 rings (SSSR count). The summed E-state index contributed by atoms with van der Waals surface area (Å²) in [5, 5.41) is 12.8.